The highest BCUT2D eigenvalue weighted by Gasteiger charge is 2.50. The molecular formula is C25H29BrN2O4SSi. The third kappa shape index (κ3) is 4.17. The maximum absolute atomic E-state index is 13.2. The first-order valence-corrected chi connectivity index (χ1v) is 17.5. The quantitative estimate of drug-likeness (QED) is 0.359. The number of methoxy groups -OCH3 is 1. The van der Waals surface area contributed by atoms with Gasteiger partial charge in [0.05, 0.1) is 7.11 Å². The van der Waals surface area contributed by atoms with Crippen LogP contribution in [0, 0.1) is 0 Å². The van der Waals surface area contributed by atoms with E-state index < -0.39 is 18.1 Å². The van der Waals surface area contributed by atoms with Gasteiger partial charge in [-0.1, -0.05) is 52.9 Å². The lowest BCUT2D eigenvalue weighted by molar-refractivity contribution is 0.402. The molecule has 1 N–H and O–H groups in total. The molecule has 3 aromatic rings. The zero-order chi connectivity index (χ0) is 24.3. The molecule has 1 spiro atoms. The largest absolute Gasteiger partial charge is 0.495 e. The summed E-state index contributed by atoms with van der Waals surface area (Å²) in [5.41, 5.74) is 4.78. The lowest BCUT2D eigenvalue weighted by atomic mass is 9.78. The van der Waals surface area contributed by atoms with Crippen molar-refractivity contribution in [3.63, 3.8) is 0 Å². The van der Waals surface area contributed by atoms with Gasteiger partial charge in [0.15, 0.2) is 5.76 Å². The minimum atomic E-state index is -3.74. The number of hydrogen-bond donors (Lipinski definition) is 1. The maximum atomic E-state index is 13.2. The summed E-state index contributed by atoms with van der Waals surface area (Å²) in [6.45, 7) is 7.08. The van der Waals surface area contributed by atoms with Crippen LogP contribution in [0.15, 0.2) is 50.3 Å². The van der Waals surface area contributed by atoms with Crippen LogP contribution in [-0.2, 0) is 21.9 Å². The molecular weight excluding hydrogens is 532 g/mol. The summed E-state index contributed by atoms with van der Waals surface area (Å²) < 4.78 is 41.7. The number of sulfonamides is 1. The van der Waals surface area contributed by atoms with Crippen molar-refractivity contribution >= 4 is 34.0 Å². The minimum Gasteiger partial charge on any atom is -0.495 e. The number of fused-ring (bicyclic) bond motifs is 4. The number of halogens is 1. The van der Waals surface area contributed by atoms with Crippen LogP contribution in [0.25, 0.3) is 22.6 Å². The van der Waals surface area contributed by atoms with Gasteiger partial charge in [0, 0.05) is 41.2 Å². The van der Waals surface area contributed by atoms with E-state index in [0.29, 0.717) is 23.6 Å². The molecule has 2 aliphatic carbocycles. The number of aromatic nitrogens is 1. The molecule has 1 aromatic heterocycles. The molecule has 2 aromatic carbocycles. The molecule has 9 heteroatoms. The Morgan fingerprint density at radius 1 is 1.18 bits per heavy atom. The van der Waals surface area contributed by atoms with Gasteiger partial charge in [0.1, 0.15) is 16.3 Å². The molecule has 0 unspecified atom stereocenters. The third-order valence-electron chi connectivity index (χ3n) is 6.85. The van der Waals surface area contributed by atoms with E-state index in [0.717, 1.165) is 46.7 Å². The van der Waals surface area contributed by atoms with E-state index in [9.17, 15) is 8.42 Å². The Balaban J connectivity index is 1.57. The fraction of sp³-hybridized carbons (Fsp3) is 0.400. The van der Waals surface area contributed by atoms with Gasteiger partial charge >= 0.3 is 0 Å². The smallest absolute Gasteiger partial charge is 0.244 e. The Labute approximate surface area is 210 Å². The van der Waals surface area contributed by atoms with Crippen molar-refractivity contribution in [1.82, 2.24) is 9.88 Å². The van der Waals surface area contributed by atoms with Crippen molar-refractivity contribution in [3.05, 3.63) is 52.0 Å². The van der Waals surface area contributed by atoms with Crippen molar-refractivity contribution in [2.75, 3.05) is 13.7 Å². The summed E-state index contributed by atoms with van der Waals surface area (Å²) >= 11 is 3.59. The Kier molecular flexibility index (Phi) is 5.82. The second-order valence-corrected chi connectivity index (χ2v) is 18.8. The van der Waals surface area contributed by atoms with E-state index in [1.165, 1.54) is 12.7 Å². The lowest BCUT2D eigenvalue weighted by Gasteiger charge is -2.25. The highest BCUT2D eigenvalue weighted by atomic mass is 79.9. The highest BCUT2D eigenvalue weighted by molar-refractivity contribution is 9.10. The first kappa shape index (κ1) is 23.8. The normalized spacial score (nSPS) is 16.3. The number of nitrogens with one attached hydrogen (secondary N) is 1. The third-order valence-corrected chi connectivity index (χ3v) is 10.6. The van der Waals surface area contributed by atoms with Crippen LogP contribution in [0.4, 0.5) is 0 Å². The van der Waals surface area contributed by atoms with Crippen molar-refractivity contribution in [2.24, 2.45) is 0 Å². The predicted molar refractivity (Wildman–Crippen MR) is 140 cm³/mol. The van der Waals surface area contributed by atoms with Crippen molar-refractivity contribution < 1.29 is 17.7 Å². The first-order chi connectivity index (χ1) is 16.0. The lowest BCUT2D eigenvalue weighted by Crippen LogP contribution is -2.31. The maximum Gasteiger partial charge on any atom is 0.244 e. The van der Waals surface area contributed by atoms with Crippen LogP contribution >= 0.6 is 15.9 Å². The summed E-state index contributed by atoms with van der Waals surface area (Å²) in [5, 5.41) is 4.44. The van der Waals surface area contributed by atoms with E-state index in [-0.39, 0.29) is 10.3 Å². The molecule has 0 bridgehead atoms. The highest BCUT2D eigenvalue weighted by Crippen LogP contribution is 2.59. The molecule has 1 fully saturated rings. The van der Waals surface area contributed by atoms with Crippen LogP contribution in [0.3, 0.4) is 0 Å². The topological polar surface area (TPSA) is 81.4 Å². The standard InChI is InChI=1S/C25H29BrN2O4SSi/c1-31-24-17(6-5-7-21(24)33(29,30)27-12-13-34(2,3)4)22-19-15-25(10-11-25)20-9-8-16(26)14-18(20)23(19)32-28-22/h5-9,14,27H,10-13,15H2,1-4H3. The summed E-state index contributed by atoms with van der Waals surface area (Å²) in [6.07, 6.45) is 3.07. The average molecular weight is 562 g/mol. The summed E-state index contributed by atoms with van der Waals surface area (Å²) in [4.78, 5) is 0.125. The number of nitrogens with zero attached hydrogens (tertiary/aromatic N) is 1. The number of rotatable bonds is 7. The van der Waals surface area contributed by atoms with Gasteiger partial charge in [0.2, 0.25) is 10.0 Å². The van der Waals surface area contributed by atoms with Gasteiger partial charge in [-0.3, -0.25) is 0 Å². The monoisotopic (exact) mass is 560 g/mol. The molecule has 0 radical (unpaired) electrons. The summed E-state index contributed by atoms with van der Waals surface area (Å²) in [5.74, 6) is 1.05. The van der Waals surface area contributed by atoms with E-state index in [1.54, 1.807) is 12.1 Å². The van der Waals surface area contributed by atoms with E-state index in [2.05, 4.69) is 63.6 Å². The second kappa shape index (κ2) is 8.32. The van der Waals surface area contributed by atoms with E-state index >= 15 is 0 Å². The SMILES string of the molecule is COc1c(-c2noc3c2CC2(CC2)c2ccc(Br)cc2-3)cccc1S(=O)(=O)NCC[Si](C)(C)C. The molecule has 34 heavy (non-hydrogen) atoms. The van der Waals surface area contributed by atoms with Crippen molar-refractivity contribution in [3.8, 4) is 28.3 Å². The van der Waals surface area contributed by atoms with Gasteiger partial charge < -0.3 is 9.26 Å². The molecule has 180 valence electrons. The van der Waals surface area contributed by atoms with Crippen LogP contribution in [0.1, 0.15) is 24.0 Å². The van der Waals surface area contributed by atoms with E-state index in [4.69, 9.17) is 9.26 Å². The Hall–Kier alpha value is -1.94. The fourth-order valence-electron chi connectivity index (χ4n) is 4.86. The zero-order valence-corrected chi connectivity index (χ0v) is 23.3. The Morgan fingerprint density at radius 2 is 1.94 bits per heavy atom. The van der Waals surface area contributed by atoms with Crippen molar-refractivity contribution in [2.45, 2.75) is 55.3 Å². The Bertz CT molecular complexity index is 1370. The average Bonchev–Trinajstić information content (AvgIpc) is 3.41. The Morgan fingerprint density at radius 3 is 2.62 bits per heavy atom. The van der Waals surface area contributed by atoms with Crippen LogP contribution < -0.4 is 9.46 Å². The van der Waals surface area contributed by atoms with Crippen LogP contribution in [0.2, 0.25) is 25.7 Å². The molecule has 0 amide bonds. The zero-order valence-electron chi connectivity index (χ0n) is 19.9. The number of ether oxygens (including phenoxy) is 1. The molecule has 0 aliphatic heterocycles. The van der Waals surface area contributed by atoms with Gasteiger partial charge in [0.25, 0.3) is 0 Å². The van der Waals surface area contributed by atoms with Crippen molar-refractivity contribution in [1.29, 1.82) is 0 Å². The molecule has 5 rings (SSSR count). The van der Waals surface area contributed by atoms with Gasteiger partial charge in [-0.15, -0.1) is 0 Å². The fourth-order valence-corrected chi connectivity index (χ4v) is 7.50. The molecule has 2 aliphatic rings. The van der Waals surface area contributed by atoms with E-state index in [1.807, 2.05) is 6.07 Å². The minimum absolute atomic E-state index is 0.110. The number of benzene rings is 2. The number of hydrogen-bond acceptors (Lipinski definition) is 5. The summed E-state index contributed by atoms with van der Waals surface area (Å²) in [7, 11) is -3.62. The second-order valence-electron chi connectivity index (χ2n) is 10.5. The van der Waals surface area contributed by atoms with Gasteiger partial charge in [-0.2, -0.15) is 0 Å². The predicted octanol–water partition coefficient (Wildman–Crippen LogP) is 5.98. The molecule has 6 nitrogen and oxygen atoms in total. The van der Waals surface area contributed by atoms with Gasteiger partial charge in [-0.05, 0) is 55.1 Å². The molecule has 0 saturated heterocycles. The van der Waals surface area contributed by atoms with Crippen LogP contribution in [-0.4, -0.2) is 35.3 Å². The number of para-hydroxylation sites is 1. The van der Waals surface area contributed by atoms with Gasteiger partial charge in [-0.25, -0.2) is 13.1 Å². The van der Waals surface area contributed by atoms with Crippen LogP contribution in [0.5, 0.6) is 5.75 Å². The first-order valence-electron chi connectivity index (χ1n) is 11.5. The molecule has 0 atom stereocenters. The molecule has 1 saturated carbocycles. The molecule has 1 heterocycles. The summed E-state index contributed by atoms with van der Waals surface area (Å²) in [6, 6.07) is 12.4.